The quantitative estimate of drug-likeness (QED) is 0.537. The van der Waals surface area contributed by atoms with E-state index in [0.29, 0.717) is 34.7 Å². The summed E-state index contributed by atoms with van der Waals surface area (Å²) in [5.74, 6) is 1.06. The number of carbonyl (C=O) groups excluding carboxylic acids is 1. The maximum absolute atomic E-state index is 12.6. The Morgan fingerprint density at radius 3 is 2.61 bits per heavy atom. The van der Waals surface area contributed by atoms with Crippen molar-refractivity contribution in [1.82, 2.24) is 10.2 Å². The van der Waals surface area contributed by atoms with Crippen molar-refractivity contribution >= 4 is 27.5 Å². The standard InChI is InChI=1S/C24H32BrN3O3/c1-4-31-23-21(25)16-19(17-22(23)30-3)24(29)26-9-6-10-27-11-13-28(14-12-27)20-8-5-7-18(2)15-20/h5,7-8,15-17H,4,6,9-14H2,1-3H3,(H,26,29). The highest BCUT2D eigenvalue weighted by Gasteiger charge is 2.18. The summed E-state index contributed by atoms with van der Waals surface area (Å²) >= 11 is 3.47. The second-order valence-electron chi connectivity index (χ2n) is 7.70. The first kappa shape index (κ1) is 23.4. The number of hydrogen-bond acceptors (Lipinski definition) is 5. The van der Waals surface area contributed by atoms with E-state index in [0.717, 1.165) is 39.1 Å². The Labute approximate surface area is 193 Å². The molecule has 0 radical (unpaired) electrons. The van der Waals surface area contributed by atoms with Gasteiger partial charge in [0, 0.05) is 44.0 Å². The minimum Gasteiger partial charge on any atom is -0.493 e. The fourth-order valence-corrected chi connectivity index (χ4v) is 4.35. The van der Waals surface area contributed by atoms with Crippen molar-refractivity contribution in [3.05, 3.63) is 52.0 Å². The molecule has 1 heterocycles. The monoisotopic (exact) mass is 489 g/mol. The van der Waals surface area contributed by atoms with Gasteiger partial charge in [-0.15, -0.1) is 0 Å². The number of carbonyl (C=O) groups is 1. The molecule has 6 nitrogen and oxygen atoms in total. The highest BCUT2D eigenvalue weighted by atomic mass is 79.9. The lowest BCUT2D eigenvalue weighted by Crippen LogP contribution is -2.47. The lowest BCUT2D eigenvalue weighted by molar-refractivity contribution is 0.0951. The van der Waals surface area contributed by atoms with Crippen molar-refractivity contribution in [3.8, 4) is 11.5 Å². The molecule has 0 bridgehead atoms. The molecule has 31 heavy (non-hydrogen) atoms. The third kappa shape index (κ3) is 6.37. The van der Waals surface area contributed by atoms with Crippen LogP contribution < -0.4 is 19.7 Å². The molecule has 2 aromatic rings. The van der Waals surface area contributed by atoms with Crippen LogP contribution in [0.2, 0.25) is 0 Å². The van der Waals surface area contributed by atoms with Crippen LogP contribution in [0.25, 0.3) is 0 Å². The smallest absolute Gasteiger partial charge is 0.251 e. The number of amides is 1. The Balaban J connectivity index is 1.42. The molecule has 2 aromatic carbocycles. The average molecular weight is 490 g/mol. The van der Waals surface area contributed by atoms with Gasteiger partial charge in [0.2, 0.25) is 0 Å². The maximum Gasteiger partial charge on any atom is 0.251 e. The summed E-state index contributed by atoms with van der Waals surface area (Å²) in [6.45, 7) is 10.4. The first-order chi connectivity index (χ1) is 15.0. The zero-order valence-corrected chi connectivity index (χ0v) is 20.2. The molecule has 168 valence electrons. The summed E-state index contributed by atoms with van der Waals surface area (Å²) in [4.78, 5) is 17.5. The molecule has 7 heteroatoms. The van der Waals surface area contributed by atoms with Crippen LogP contribution in [-0.4, -0.2) is 63.8 Å². The van der Waals surface area contributed by atoms with Crippen LogP contribution in [0.4, 0.5) is 5.69 Å². The fourth-order valence-electron chi connectivity index (χ4n) is 3.80. The Kier molecular flexibility index (Phi) is 8.60. The van der Waals surface area contributed by atoms with Crippen LogP contribution in [0.15, 0.2) is 40.9 Å². The summed E-state index contributed by atoms with van der Waals surface area (Å²) < 4.78 is 11.7. The first-order valence-electron chi connectivity index (χ1n) is 10.8. The van der Waals surface area contributed by atoms with Crippen molar-refractivity contribution in [2.24, 2.45) is 0 Å². The molecule has 0 aromatic heterocycles. The Morgan fingerprint density at radius 1 is 1.16 bits per heavy atom. The number of methoxy groups -OCH3 is 1. The van der Waals surface area contributed by atoms with Gasteiger partial charge in [0.05, 0.1) is 18.2 Å². The highest BCUT2D eigenvalue weighted by molar-refractivity contribution is 9.10. The zero-order valence-electron chi connectivity index (χ0n) is 18.6. The van der Waals surface area contributed by atoms with Crippen LogP contribution in [0.1, 0.15) is 29.3 Å². The molecule has 1 saturated heterocycles. The summed E-state index contributed by atoms with van der Waals surface area (Å²) in [6, 6.07) is 12.2. The van der Waals surface area contributed by atoms with Gasteiger partial charge in [-0.3, -0.25) is 9.69 Å². The lowest BCUT2D eigenvalue weighted by atomic mass is 10.2. The third-order valence-electron chi connectivity index (χ3n) is 5.46. The van der Waals surface area contributed by atoms with Crippen LogP contribution >= 0.6 is 15.9 Å². The number of nitrogens with one attached hydrogen (secondary N) is 1. The molecule has 3 rings (SSSR count). The minimum atomic E-state index is -0.105. The Hall–Kier alpha value is -2.25. The molecule has 0 spiro atoms. The van der Waals surface area contributed by atoms with Gasteiger partial charge < -0.3 is 19.7 Å². The van der Waals surface area contributed by atoms with Crippen molar-refractivity contribution in [1.29, 1.82) is 0 Å². The van der Waals surface area contributed by atoms with E-state index in [1.54, 1.807) is 19.2 Å². The molecule has 0 aliphatic carbocycles. The van der Waals surface area contributed by atoms with Crippen LogP contribution in [0.3, 0.4) is 0 Å². The summed E-state index contributed by atoms with van der Waals surface area (Å²) in [5.41, 5.74) is 3.16. The molecule has 1 fully saturated rings. The predicted octanol–water partition coefficient (Wildman–Crippen LogP) is 4.11. The molecular weight excluding hydrogens is 458 g/mol. The maximum atomic E-state index is 12.6. The highest BCUT2D eigenvalue weighted by Crippen LogP contribution is 2.36. The summed E-state index contributed by atoms with van der Waals surface area (Å²) in [6.07, 6.45) is 0.922. The van der Waals surface area contributed by atoms with Gasteiger partial charge in [-0.25, -0.2) is 0 Å². The van der Waals surface area contributed by atoms with E-state index in [1.807, 2.05) is 6.92 Å². The molecule has 0 atom stereocenters. The van der Waals surface area contributed by atoms with Gasteiger partial charge in [-0.2, -0.15) is 0 Å². The SMILES string of the molecule is CCOc1c(Br)cc(C(=O)NCCCN2CCN(c3cccc(C)c3)CC2)cc1OC. The van der Waals surface area contributed by atoms with Crippen molar-refractivity contribution < 1.29 is 14.3 Å². The van der Waals surface area contributed by atoms with Gasteiger partial charge >= 0.3 is 0 Å². The van der Waals surface area contributed by atoms with Crippen molar-refractivity contribution in [3.63, 3.8) is 0 Å². The Morgan fingerprint density at radius 2 is 1.94 bits per heavy atom. The molecule has 0 saturated carbocycles. The minimum absolute atomic E-state index is 0.105. The lowest BCUT2D eigenvalue weighted by Gasteiger charge is -2.36. The third-order valence-corrected chi connectivity index (χ3v) is 6.05. The molecule has 1 N–H and O–H groups in total. The fraction of sp³-hybridized carbons (Fsp3) is 0.458. The number of nitrogens with zero attached hydrogens (tertiary/aromatic N) is 2. The van der Waals surface area contributed by atoms with E-state index in [2.05, 4.69) is 62.2 Å². The van der Waals surface area contributed by atoms with Gasteiger partial charge in [-0.05, 0) is 72.6 Å². The average Bonchev–Trinajstić information content (AvgIpc) is 2.78. The number of benzene rings is 2. The normalized spacial score (nSPS) is 14.4. The van der Waals surface area contributed by atoms with E-state index >= 15 is 0 Å². The number of aryl methyl sites for hydroxylation is 1. The predicted molar refractivity (Wildman–Crippen MR) is 129 cm³/mol. The number of halogens is 1. The summed E-state index contributed by atoms with van der Waals surface area (Å²) in [7, 11) is 1.57. The largest absolute Gasteiger partial charge is 0.493 e. The molecule has 1 amide bonds. The van der Waals surface area contributed by atoms with E-state index in [4.69, 9.17) is 9.47 Å². The van der Waals surface area contributed by atoms with E-state index in [9.17, 15) is 4.79 Å². The Bertz CT molecular complexity index is 882. The van der Waals surface area contributed by atoms with Crippen LogP contribution in [0.5, 0.6) is 11.5 Å². The van der Waals surface area contributed by atoms with Gasteiger partial charge in [-0.1, -0.05) is 12.1 Å². The van der Waals surface area contributed by atoms with Gasteiger partial charge in [0.25, 0.3) is 5.91 Å². The van der Waals surface area contributed by atoms with E-state index in [1.165, 1.54) is 11.3 Å². The molecule has 1 aliphatic rings. The summed E-state index contributed by atoms with van der Waals surface area (Å²) in [5, 5.41) is 3.02. The van der Waals surface area contributed by atoms with E-state index < -0.39 is 0 Å². The van der Waals surface area contributed by atoms with Gasteiger partial charge in [0.1, 0.15) is 0 Å². The number of rotatable bonds is 9. The number of ether oxygens (including phenoxy) is 2. The zero-order chi connectivity index (χ0) is 22.2. The second-order valence-corrected chi connectivity index (χ2v) is 8.55. The van der Waals surface area contributed by atoms with Gasteiger partial charge in [0.15, 0.2) is 11.5 Å². The second kappa shape index (κ2) is 11.4. The van der Waals surface area contributed by atoms with Crippen LogP contribution in [-0.2, 0) is 0 Å². The molecule has 0 unspecified atom stereocenters. The van der Waals surface area contributed by atoms with Crippen molar-refractivity contribution in [2.75, 3.05) is 57.9 Å². The van der Waals surface area contributed by atoms with Crippen molar-refractivity contribution in [2.45, 2.75) is 20.3 Å². The molecular formula is C24H32BrN3O3. The topological polar surface area (TPSA) is 54.0 Å². The first-order valence-corrected chi connectivity index (χ1v) is 11.6. The molecule has 1 aliphatic heterocycles. The van der Waals surface area contributed by atoms with E-state index in [-0.39, 0.29) is 5.91 Å². The number of piperazine rings is 1. The van der Waals surface area contributed by atoms with Crippen LogP contribution in [0, 0.1) is 6.92 Å². The number of anilines is 1. The number of hydrogen-bond donors (Lipinski definition) is 1.